The molecule has 0 radical (unpaired) electrons. The maximum atomic E-state index is 2.17. The molecule has 0 atom stereocenters. The summed E-state index contributed by atoms with van der Waals surface area (Å²) in [6, 6.07) is 0. The maximum Gasteiger partial charge on any atom is 1.00 e. The number of rotatable bonds is 0. The van der Waals surface area contributed by atoms with Crippen LogP contribution in [0.4, 0.5) is 0 Å². The molecule has 0 aliphatic heterocycles. The third kappa shape index (κ3) is 34.2. The Kier molecular flexibility index (Phi) is 26.9. The van der Waals surface area contributed by atoms with Crippen molar-refractivity contribution in [2.75, 3.05) is 0 Å². The molecule has 0 bridgehead atoms. The first kappa shape index (κ1) is 15.7. The molecule has 0 aromatic carbocycles. The minimum atomic E-state index is 0. The van der Waals surface area contributed by atoms with Gasteiger partial charge in [0.15, 0.2) is 0 Å². The van der Waals surface area contributed by atoms with E-state index >= 15 is 0 Å². The van der Waals surface area contributed by atoms with Crippen molar-refractivity contribution in [3.8, 4) is 0 Å². The summed E-state index contributed by atoms with van der Waals surface area (Å²) in [7, 11) is 0. The van der Waals surface area contributed by atoms with Crippen LogP contribution < -0.4 is 70.2 Å². The number of hydrogen-bond donors (Lipinski definition) is 0. The van der Waals surface area contributed by atoms with Crippen molar-refractivity contribution in [1.29, 1.82) is 0 Å². The third-order valence-electron chi connectivity index (χ3n) is 0. The molecule has 0 heterocycles. The first-order chi connectivity index (χ1) is 1.73. The van der Waals surface area contributed by atoms with Crippen LogP contribution in [0.1, 0.15) is 23.6 Å². The Bertz CT molecular complexity index is 18.8. The molecule has 0 saturated carbocycles. The van der Waals surface area contributed by atoms with E-state index in [9.17, 15) is 0 Å². The van der Waals surface area contributed by atoms with E-state index in [2.05, 4.69) is 20.8 Å². The second-order valence-electron chi connectivity index (χ2n) is 1.73. The summed E-state index contributed by atoms with van der Waals surface area (Å²) in [5.74, 6) is 0.833. The monoisotopic (exact) mass is 106 g/mol. The molecule has 6 heavy (non-hydrogen) atoms. The van der Waals surface area contributed by atoms with Gasteiger partial charge in [0, 0.05) is 0 Å². The van der Waals surface area contributed by atoms with Crippen LogP contribution in [0.2, 0.25) is 0 Å². The van der Waals surface area contributed by atoms with Gasteiger partial charge in [-0.05, 0) is 5.92 Å². The molecule has 0 unspecified atom stereocenters. The zero-order valence-electron chi connectivity index (χ0n) is 7.58. The van der Waals surface area contributed by atoms with Crippen LogP contribution in [0.5, 0.6) is 0 Å². The van der Waals surface area contributed by atoms with Crippen LogP contribution in [0.15, 0.2) is 0 Å². The molecule has 2 heteroatoms. The quantitative estimate of drug-likeness (QED) is 0.275. The van der Waals surface area contributed by atoms with E-state index in [0.717, 1.165) is 5.92 Å². The van der Waals surface area contributed by atoms with Gasteiger partial charge in [0.1, 0.15) is 0 Å². The number of hydrogen-bond acceptors (Lipinski definition) is 0. The van der Waals surface area contributed by atoms with Crippen LogP contribution in [0, 0.1) is 5.92 Å². The van der Waals surface area contributed by atoms with Crippen LogP contribution in [-0.2, 0) is 0 Å². The minimum absolute atomic E-state index is 0. The molecule has 0 aliphatic rings. The zero-order valence-corrected chi connectivity index (χ0v) is 8.70. The fourth-order valence-electron chi connectivity index (χ4n) is 0. The molecule has 0 aromatic heterocycles. The van der Waals surface area contributed by atoms with Gasteiger partial charge in [-0.1, -0.05) is 20.8 Å². The van der Waals surface area contributed by atoms with Crippen molar-refractivity contribution in [2.24, 2.45) is 5.92 Å². The van der Waals surface area contributed by atoms with Crippen molar-refractivity contribution in [3.63, 3.8) is 0 Å². The fraction of sp³-hybridized carbons (Fsp3) is 1.00. The topological polar surface area (TPSA) is 0 Å². The van der Waals surface area contributed by atoms with Gasteiger partial charge in [0.25, 0.3) is 0 Å². The van der Waals surface area contributed by atoms with E-state index in [0.29, 0.717) is 0 Å². The van der Waals surface area contributed by atoms with Crippen molar-refractivity contribution < 1.29 is 73.1 Å². The van der Waals surface area contributed by atoms with Gasteiger partial charge in [-0.15, -0.1) is 0 Å². The average Bonchev–Trinajstić information content (AvgIpc) is 0.811. The molecular weight excluding hydrogens is 94.1 g/mol. The Labute approximate surface area is 98.0 Å². The smallest absolute Gasteiger partial charge is 1.00 e. The summed E-state index contributed by atoms with van der Waals surface area (Å²) >= 11 is 0. The van der Waals surface area contributed by atoms with Crippen molar-refractivity contribution in [2.45, 2.75) is 20.8 Å². The van der Waals surface area contributed by atoms with Gasteiger partial charge < -0.3 is 2.85 Å². The molecule has 0 nitrogen and oxygen atoms in total. The van der Waals surface area contributed by atoms with Crippen LogP contribution in [0.3, 0.4) is 0 Å². The van der Waals surface area contributed by atoms with E-state index in [1.807, 2.05) is 0 Å². The largest absolute Gasteiger partial charge is 1.00 e. The molecule has 0 rings (SSSR count). The molecule has 0 aromatic rings. The van der Waals surface area contributed by atoms with Crippen LogP contribution in [0.25, 0.3) is 0 Å². The summed E-state index contributed by atoms with van der Waals surface area (Å²) in [6.07, 6.45) is 0. The van der Waals surface area contributed by atoms with Gasteiger partial charge >= 0.3 is 70.2 Å². The van der Waals surface area contributed by atoms with E-state index in [-0.39, 0.29) is 73.1 Å². The Morgan fingerprint density at radius 1 is 1.17 bits per heavy atom. The summed E-state index contributed by atoms with van der Waals surface area (Å²) in [5, 5.41) is 0. The first-order valence-corrected chi connectivity index (χ1v) is 1.73. The van der Waals surface area contributed by atoms with E-state index in [1.54, 1.807) is 0 Å². The summed E-state index contributed by atoms with van der Waals surface area (Å²) in [5.41, 5.74) is 0. The molecule has 0 aliphatic carbocycles. The molecule has 30 valence electrons. The summed E-state index contributed by atoms with van der Waals surface area (Å²) in [6.45, 7) is 6.50. The first-order valence-electron chi connectivity index (χ1n) is 1.73. The van der Waals surface area contributed by atoms with Gasteiger partial charge in [0.05, 0.1) is 0 Å². The Morgan fingerprint density at radius 3 is 1.17 bits per heavy atom. The van der Waals surface area contributed by atoms with Gasteiger partial charge in [-0.25, -0.2) is 0 Å². The van der Waals surface area contributed by atoms with Gasteiger partial charge in [-0.3, -0.25) is 0 Å². The normalized spacial score (nSPS) is 6.00. The third-order valence-corrected chi connectivity index (χ3v) is 0. The molecule has 0 spiro atoms. The Balaban J connectivity index is -0.00000000750. The van der Waals surface area contributed by atoms with E-state index in [1.165, 1.54) is 0 Å². The minimum Gasteiger partial charge on any atom is -1.00 e. The molecule has 0 amide bonds. The zero-order chi connectivity index (χ0) is 3.58. The molecule has 0 N–H and O–H groups in total. The molecular formula is C4H12KLi. The fourth-order valence-corrected chi connectivity index (χ4v) is 0. The molecule has 0 saturated heterocycles. The second kappa shape index (κ2) is 10.3. The SMILES string of the molecule is CC(C)C.[H-].[H-].[K+].[Li+]. The summed E-state index contributed by atoms with van der Waals surface area (Å²) < 4.78 is 0. The summed E-state index contributed by atoms with van der Waals surface area (Å²) in [4.78, 5) is 0. The Hall–Kier alpha value is 2.23. The van der Waals surface area contributed by atoms with Crippen molar-refractivity contribution in [3.05, 3.63) is 0 Å². The average molecular weight is 106 g/mol. The second-order valence-corrected chi connectivity index (χ2v) is 1.73. The van der Waals surface area contributed by atoms with Gasteiger partial charge in [0.2, 0.25) is 0 Å². The Morgan fingerprint density at radius 2 is 1.17 bits per heavy atom. The van der Waals surface area contributed by atoms with E-state index in [4.69, 9.17) is 0 Å². The molecule has 0 fully saturated rings. The maximum absolute atomic E-state index is 2.17. The predicted molar refractivity (Wildman–Crippen MR) is 22.7 cm³/mol. The predicted octanol–water partition coefficient (Wildman–Crippen LogP) is -4.10. The van der Waals surface area contributed by atoms with E-state index < -0.39 is 0 Å². The van der Waals surface area contributed by atoms with Crippen molar-refractivity contribution >= 4 is 0 Å². The van der Waals surface area contributed by atoms with Crippen LogP contribution >= 0.6 is 0 Å². The van der Waals surface area contributed by atoms with Gasteiger partial charge in [-0.2, -0.15) is 0 Å². The van der Waals surface area contributed by atoms with Crippen molar-refractivity contribution in [1.82, 2.24) is 0 Å². The standard InChI is InChI=1S/C4H10.K.Li.2H/c1-4(2)3;;;;/h4H,1-3H3;;;;/q;2*+1;2*-1. The van der Waals surface area contributed by atoms with Crippen LogP contribution in [-0.4, -0.2) is 0 Å².